The quantitative estimate of drug-likeness (QED) is 0.728. The molecule has 134 valence electrons. The number of aryl methyl sites for hydroxylation is 2. The molecule has 0 aliphatic carbocycles. The third-order valence-electron chi connectivity index (χ3n) is 4.99. The number of hydrogen-bond donors (Lipinski definition) is 0. The Kier molecular flexibility index (Phi) is 4.32. The smallest absolute Gasteiger partial charge is 0.254 e. The molecule has 0 bridgehead atoms. The van der Waals surface area contributed by atoms with Gasteiger partial charge in [0.2, 0.25) is 0 Å². The van der Waals surface area contributed by atoms with Crippen molar-refractivity contribution in [3.8, 4) is 5.69 Å². The normalized spacial score (nSPS) is 17.0. The van der Waals surface area contributed by atoms with Crippen molar-refractivity contribution in [1.29, 1.82) is 0 Å². The Morgan fingerprint density at radius 3 is 2.62 bits per heavy atom. The Morgan fingerprint density at radius 2 is 1.96 bits per heavy atom. The van der Waals surface area contributed by atoms with Gasteiger partial charge in [-0.3, -0.25) is 9.48 Å². The van der Waals surface area contributed by atoms with Crippen LogP contribution in [0.3, 0.4) is 0 Å². The lowest BCUT2D eigenvalue weighted by Gasteiger charge is -2.25. The minimum Gasteiger partial charge on any atom is -0.334 e. The number of likely N-dealkylation sites (tertiary alicyclic amines) is 1. The van der Waals surface area contributed by atoms with Crippen LogP contribution in [-0.2, 0) is 6.54 Å². The topological polar surface area (TPSA) is 56.0 Å². The average molecular weight is 349 g/mol. The third-order valence-corrected chi connectivity index (χ3v) is 4.99. The van der Waals surface area contributed by atoms with E-state index in [-0.39, 0.29) is 11.9 Å². The van der Waals surface area contributed by atoms with Gasteiger partial charge < -0.3 is 4.90 Å². The highest BCUT2D eigenvalue weighted by molar-refractivity contribution is 5.94. The fourth-order valence-corrected chi connectivity index (χ4v) is 3.63. The maximum Gasteiger partial charge on any atom is 0.254 e. The molecule has 6 heteroatoms. The molecule has 0 radical (unpaired) electrons. The molecular weight excluding hydrogens is 326 g/mol. The molecule has 1 aliphatic heterocycles. The van der Waals surface area contributed by atoms with Crippen LogP contribution < -0.4 is 0 Å². The molecule has 26 heavy (non-hydrogen) atoms. The summed E-state index contributed by atoms with van der Waals surface area (Å²) in [6.07, 6.45) is 7.73. The monoisotopic (exact) mass is 349 g/mol. The Labute approximate surface area is 153 Å². The highest BCUT2D eigenvalue weighted by Crippen LogP contribution is 2.22. The van der Waals surface area contributed by atoms with Crippen molar-refractivity contribution in [1.82, 2.24) is 24.5 Å². The highest BCUT2D eigenvalue weighted by Gasteiger charge is 2.29. The van der Waals surface area contributed by atoms with E-state index in [0.717, 1.165) is 48.4 Å². The lowest BCUT2D eigenvalue weighted by atomic mass is 10.1. The minimum atomic E-state index is 0.0973. The van der Waals surface area contributed by atoms with E-state index in [1.807, 2.05) is 70.8 Å². The van der Waals surface area contributed by atoms with Crippen LogP contribution >= 0.6 is 0 Å². The van der Waals surface area contributed by atoms with Crippen LogP contribution in [0.5, 0.6) is 0 Å². The van der Waals surface area contributed by atoms with Crippen LogP contribution in [0.15, 0.2) is 48.9 Å². The molecule has 3 heterocycles. The molecule has 1 atom stereocenters. The number of hydrogen-bond acceptors (Lipinski definition) is 3. The van der Waals surface area contributed by atoms with Crippen molar-refractivity contribution >= 4 is 5.91 Å². The standard InChI is InChI=1S/C20H23N5O/c1-15-12-22-23(13-15)14-19-4-3-11-24(19)20(26)17-5-7-18(8-6-17)25-16(2)9-10-21-25/h5-10,12-13,19H,3-4,11,14H2,1-2H3. The largest absolute Gasteiger partial charge is 0.334 e. The summed E-state index contributed by atoms with van der Waals surface area (Å²) < 4.78 is 3.81. The van der Waals surface area contributed by atoms with Gasteiger partial charge in [-0.1, -0.05) is 0 Å². The van der Waals surface area contributed by atoms with Gasteiger partial charge in [-0.2, -0.15) is 10.2 Å². The Morgan fingerprint density at radius 1 is 1.15 bits per heavy atom. The van der Waals surface area contributed by atoms with Gasteiger partial charge in [-0.05, 0) is 62.6 Å². The molecule has 1 unspecified atom stereocenters. The summed E-state index contributed by atoms with van der Waals surface area (Å²) in [4.78, 5) is 15.0. The SMILES string of the molecule is Cc1cnn(CC2CCCN2C(=O)c2ccc(-n3nccc3C)cc2)c1. The summed E-state index contributed by atoms with van der Waals surface area (Å²) in [5, 5.41) is 8.67. The minimum absolute atomic E-state index is 0.0973. The van der Waals surface area contributed by atoms with Gasteiger partial charge >= 0.3 is 0 Å². The maximum absolute atomic E-state index is 13.0. The number of aromatic nitrogens is 4. The molecule has 1 saturated heterocycles. The van der Waals surface area contributed by atoms with Crippen LogP contribution in [-0.4, -0.2) is 43.0 Å². The van der Waals surface area contributed by atoms with E-state index in [1.54, 1.807) is 6.20 Å². The van der Waals surface area contributed by atoms with Gasteiger partial charge in [0.1, 0.15) is 0 Å². The van der Waals surface area contributed by atoms with Crippen molar-refractivity contribution in [2.24, 2.45) is 0 Å². The number of nitrogens with zero attached hydrogens (tertiary/aromatic N) is 5. The first-order chi connectivity index (χ1) is 12.6. The van der Waals surface area contributed by atoms with Crippen LogP contribution in [0, 0.1) is 13.8 Å². The average Bonchev–Trinajstić information content (AvgIpc) is 3.37. The van der Waals surface area contributed by atoms with Gasteiger partial charge in [-0.25, -0.2) is 4.68 Å². The summed E-state index contributed by atoms with van der Waals surface area (Å²) in [7, 11) is 0. The van der Waals surface area contributed by atoms with Crippen LogP contribution in [0.25, 0.3) is 5.69 Å². The van der Waals surface area contributed by atoms with Crippen molar-refractivity contribution in [3.63, 3.8) is 0 Å². The lowest BCUT2D eigenvalue weighted by molar-refractivity contribution is 0.0721. The number of carbonyl (C=O) groups excluding carboxylic acids is 1. The molecule has 2 aromatic heterocycles. The van der Waals surface area contributed by atoms with Crippen molar-refractivity contribution in [2.45, 2.75) is 39.3 Å². The number of amides is 1. The second kappa shape index (κ2) is 6.78. The molecule has 1 aliphatic rings. The van der Waals surface area contributed by atoms with Gasteiger partial charge in [0.25, 0.3) is 5.91 Å². The van der Waals surface area contributed by atoms with E-state index < -0.39 is 0 Å². The van der Waals surface area contributed by atoms with Gasteiger partial charge in [0.05, 0.1) is 24.5 Å². The van der Waals surface area contributed by atoms with Gasteiger partial charge in [0, 0.05) is 30.2 Å². The van der Waals surface area contributed by atoms with E-state index in [0.29, 0.717) is 0 Å². The van der Waals surface area contributed by atoms with E-state index >= 15 is 0 Å². The highest BCUT2D eigenvalue weighted by atomic mass is 16.2. The fourth-order valence-electron chi connectivity index (χ4n) is 3.63. The molecule has 4 rings (SSSR count). The summed E-state index contributed by atoms with van der Waals surface area (Å²) in [6, 6.07) is 9.86. The Bertz CT molecular complexity index is 908. The zero-order chi connectivity index (χ0) is 18.1. The molecular formula is C20H23N5O. The first kappa shape index (κ1) is 16.6. The van der Waals surface area contributed by atoms with E-state index in [1.165, 1.54) is 0 Å². The molecule has 1 fully saturated rings. The molecule has 0 saturated carbocycles. The summed E-state index contributed by atoms with van der Waals surface area (Å²) in [5.74, 6) is 0.0973. The maximum atomic E-state index is 13.0. The van der Waals surface area contributed by atoms with E-state index in [9.17, 15) is 4.79 Å². The van der Waals surface area contributed by atoms with E-state index in [2.05, 4.69) is 10.2 Å². The van der Waals surface area contributed by atoms with E-state index in [4.69, 9.17) is 0 Å². The van der Waals surface area contributed by atoms with Crippen LogP contribution in [0.1, 0.15) is 34.5 Å². The Hall–Kier alpha value is -2.89. The first-order valence-electron chi connectivity index (χ1n) is 9.03. The van der Waals surface area contributed by atoms with Gasteiger partial charge in [0.15, 0.2) is 0 Å². The van der Waals surface area contributed by atoms with Gasteiger partial charge in [-0.15, -0.1) is 0 Å². The molecule has 1 amide bonds. The number of benzene rings is 1. The molecule has 0 N–H and O–H groups in total. The fraction of sp³-hybridized carbons (Fsp3) is 0.350. The summed E-state index contributed by atoms with van der Waals surface area (Å²) >= 11 is 0. The predicted molar refractivity (Wildman–Crippen MR) is 99.3 cm³/mol. The zero-order valence-corrected chi connectivity index (χ0v) is 15.2. The summed E-state index contributed by atoms with van der Waals surface area (Å²) in [5.41, 5.74) is 3.90. The number of rotatable bonds is 4. The molecule has 3 aromatic rings. The molecule has 0 spiro atoms. The lowest BCUT2D eigenvalue weighted by Crippen LogP contribution is -2.38. The second-order valence-corrected chi connectivity index (χ2v) is 6.97. The van der Waals surface area contributed by atoms with Crippen molar-refractivity contribution < 1.29 is 4.79 Å². The van der Waals surface area contributed by atoms with Crippen molar-refractivity contribution in [3.05, 3.63) is 65.7 Å². The molecule has 6 nitrogen and oxygen atoms in total. The van der Waals surface area contributed by atoms with Crippen LogP contribution in [0.4, 0.5) is 0 Å². The second-order valence-electron chi connectivity index (χ2n) is 6.97. The Balaban J connectivity index is 1.50. The van der Waals surface area contributed by atoms with Crippen molar-refractivity contribution in [2.75, 3.05) is 6.54 Å². The zero-order valence-electron chi connectivity index (χ0n) is 15.2. The summed E-state index contributed by atoms with van der Waals surface area (Å²) in [6.45, 7) is 5.61. The van der Waals surface area contributed by atoms with Crippen LogP contribution in [0.2, 0.25) is 0 Å². The molecule has 1 aromatic carbocycles. The predicted octanol–water partition coefficient (Wildman–Crippen LogP) is 2.99. The third kappa shape index (κ3) is 3.14. The first-order valence-corrected chi connectivity index (χ1v) is 9.03. The number of carbonyl (C=O) groups is 1.